The third-order valence-electron chi connectivity index (χ3n) is 5.91. The van der Waals surface area contributed by atoms with Gasteiger partial charge in [0.1, 0.15) is 0 Å². The highest BCUT2D eigenvalue weighted by atomic mass is 32.2. The molecule has 0 aromatic rings. The van der Waals surface area contributed by atoms with Crippen LogP contribution in [0.15, 0.2) is 0 Å². The number of rotatable bonds is 6. The van der Waals surface area contributed by atoms with Gasteiger partial charge in [-0.25, -0.2) is 0 Å². The lowest BCUT2D eigenvalue weighted by molar-refractivity contribution is -0.0700. The lowest BCUT2D eigenvalue weighted by Crippen LogP contribution is -2.55. The summed E-state index contributed by atoms with van der Waals surface area (Å²) in [6.07, 6.45) is 9.31. The molecule has 104 valence electrons. The van der Waals surface area contributed by atoms with Gasteiger partial charge in [-0.1, -0.05) is 6.92 Å². The van der Waals surface area contributed by atoms with E-state index >= 15 is 0 Å². The van der Waals surface area contributed by atoms with Crippen molar-refractivity contribution in [2.45, 2.75) is 58.4 Å². The van der Waals surface area contributed by atoms with E-state index in [1.807, 2.05) is 0 Å². The Balaban J connectivity index is 1.57. The number of hydrogen-bond acceptors (Lipinski definition) is 2. The minimum atomic E-state index is 0.686. The van der Waals surface area contributed by atoms with Gasteiger partial charge in [0.15, 0.2) is 0 Å². The Hall–Kier alpha value is 0.310. The van der Waals surface area contributed by atoms with Gasteiger partial charge < -0.3 is 5.32 Å². The minimum Gasteiger partial charge on any atom is -0.313 e. The fourth-order valence-corrected chi connectivity index (χ4v) is 5.97. The van der Waals surface area contributed by atoms with Crippen molar-refractivity contribution in [2.24, 2.45) is 23.2 Å². The van der Waals surface area contributed by atoms with Crippen LogP contribution in [-0.4, -0.2) is 24.1 Å². The van der Waals surface area contributed by atoms with Gasteiger partial charge in [-0.2, -0.15) is 11.8 Å². The molecule has 0 heterocycles. The van der Waals surface area contributed by atoms with Gasteiger partial charge in [0.25, 0.3) is 0 Å². The zero-order chi connectivity index (χ0) is 12.6. The Morgan fingerprint density at radius 3 is 2.17 bits per heavy atom. The monoisotopic (exact) mass is 267 g/mol. The highest BCUT2D eigenvalue weighted by Gasteiger charge is 2.52. The molecular weight excluding hydrogens is 238 g/mol. The second-order valence-corrected chi connectivity index (χ2v) is 8.55. The van der Waals surface area contributed by atoms with Crippen LogP contribution in [0.4, 0.5) is 0 Å². The van der Waals surface area contributed by atoms with E-state index in [1.54, 1.807) is 19.3 Å². The quantitative estimate of drug-likeness (QED) is 0.732. The van der Waals surface area contributed by atoms with Gasteiger partial charge in [-0.05, 0) is 74.4 Å². The molecule has 0 aromatic heterocycles. The molecule has 0 saturated heterocycles. The highest BCUT2D eigenvalue weighted by molar-refractivity contribution is 7.99. The van der Waals surface area contributed by atoms with Crippen LogP contribution in [-0.2, 0) is 0 Å². The maximum absolute atomic E-state index is 3.85. The van der Waals surface area contributed by atoms with Crippen LogP contribution in [0.2, 0.25) is 0 Å². The molecule has 0 amide bonds. The molecule has 4 fully saturated rings. The summed E-state index contributed by atoms with van der Waals surface area (Å²) < 4.78 is 0. The van der Waals surface area contributed by atoms with E-state index in [0.717, 1.165) is 23.8 Å². The summed E-state index contributed by atoms with van der Waals surface area (Å²) in [5, 5.41) is 3.85. The van der Waals surface area contributed by atoms with Crippen LogP contribution in [0.25, 0.3) is 0 Å². The van der Waals surface area contributed by atoms with E-state index in [9.17, 15) is 0 Å². The van der Waals surface area contributed by atoms with Gasteiger partial charge >= 0.3 is 0 Å². The first-order chi connectivity index (χ1) is 8.72. The molecule has 1 atom stereocenters. The summed E-state index contributed by atoms with van der Waals surface area (Å²) in [5.74, 6) is 5.81. The molecule has 0 aromatic carbocycles. The molecule has 2 heteroatoms. The summed E-state index contributed by atoms with van der Waals surface area (Å²) in [6.45, 7) is 5.94. The fraction of sp³-hybridized carbons (Fsp3) is 1.00. The normalized spacial score (nSPS) is 43.3. The maximum atomic E-state index is 3.85. The van der Waals surface area contributed by atoms with Crippen LogP contribution in [0, 0.1) is 23.2 Å². The number of hydrogen-bond donors (Lipinski definition) is 1. The van der Waals surface area contributed by atoms with Gasteiger partial charge in [0.2, 0.25) is 0 Å². The van der Waals surface area contributed by atoms with Crippen molar-refractivity contribution in [2.75, 3.05) is 18.1 Å². The molecule has 4 rings (SSSR count). The van der Waals surface area contributed by atoms with Crippen LogP contribution >= 0.6 is 11.8 Å². The van der Waals surface area contributed by atoms with E-state index in [0.29, 0.717) is 5.41 Å². The van der Waals surface area contributed by atoms with Crippen LogP contribution in [0.5, 0.6) is 0 Å². The predicted octanol–water partition coefficient (Wildman–Crippen LogP) is 3.93. The van der Waals surface area contributed by atoms with E-state index < -0.39 is 0 Å². The Kier molecular flexibility index (Phi) is 3.96. The van der Waals surface area contributed by atoms with Gasteiger partial charge in [-0.3, -0.25) is 0 Å². The van der Waals surface area contributed by atoms with Crippen molar-refractivity contribution in [3.05, 3.63) is 0 Å². The van der Waals surface area contributed by atoms with Crippen molar-refractivity contribution >= 4 is 11.8 Å². The van der Waals surface area contributed by atoms with E-state index in [-0.39, 0.29) is 0 Å². The highest BCUT2D eigenvalue weighted by Crippen LogP contribution is 2.61. The van der Waals surface area contributed by atoms with Crippen molar-refractivity contribution in [1.82, 2.24) is 5.32 Å². The standard InChI is InChI=1S/C16H29NS/c1-3-18-5-4-17-12(2)16-9-13-6-14(10-16)8-15(7-13)11-16/h12-15,17H,3-11H2,1-2H3. The number of thioether (sulfide) groups is 1. The summed E-state index contributed by atoms with van der Waals surface area (Å²) in [5.41, 5.74) is 0.686. The molecule has 4 aliphatic carbocycles. The largest absolute Gasteiger partial charge is 0.313 e. The van der Waals surface area contributed by atoms with Gasteiger partial charge in [-0.15, -0.1) is 0 Å². The molecule has 0 radical (unpaired) electrons. The maximum Gasteiger partial charge on any atom is 0.00958 e. The summed E-state index contributed by atoms with van der Waals surface area (Å²) >= 11 is 2.06. The predicted molar refractivity (Wildman–Crippen MR) is 81.1 cm³/mol. The van der Waals surface area contributed by atoms with Crippen molar-refractivity contribution < 1.29 is 0 Å². The van der Waals surface area contributed by atoms with Crippen molar-refractivity contribution in [3.8, 4) is 0 Å². The molecule has 0 spiro atoms. The first kappa shape index (κ1) is 13.3. The lowest BCUT2D eigenvalue weighted by atomic mass is 9.48. The Morgan fingerprint density at radius 1 is 1.11 bits per heavy atom. The fourth-order valence-electron chi connectivity index (χ4n) is 5.42. The van der Waals surface area contributed by atoms with Gasteiger partial charge in [0.05, 0.1) is 0 Å². The van der Waals surface area contributed by atoms with Crippen molar-refractivity contribution in [1.29, 1.82) is 0 Å². The number of nitrogens with one attached hydrogen (secondary N) is 1. The molecule has 18 heavy (non-hydrogen) atoms. The summed E-state index contributed by atoms with van der Waals surface area (Å²) in [6, 6.07) is 0.753. The Bertz CT molecular complexity index is 254. The molecule has 1 unspecified atom stereocenters. The second-order valence-electron chi connectivity index (χ2n) is 7.15. The molecule has 4 bridgehead atoms. The molecule has 0 aliphatic heterocycles. The molecule has 1 nitrogen and oxygen atoms in total. The first-order valence-electron chi connectivity index (χ1n) is 8.03. The smallest absolute Gasteiger partial charge is 0.00958 e. The molecular formula is C16H29NS. The van der Waals surface area contributed by atoms with Crippen molar-refractivity contribution in [3.63, 3.8) is 0 Å². The zero-order valence-corrected chi connectivity index (χ0v) is 12.9. The van der Waals surface area contributed by atoms with Crippen LogP contribution in [0.3, 0.4) is 0 Å². The minimum absolute atomic E-state index is 0.686. The SMILES string of the molecule is CCSCCNC(C)C12CC3CC(CC(C3)C1)C2. The van der Waals surface area contributed by atoms with Gasteiger partial charge in [0, 0.05) is 18.3 Å². The second kappa shape index (κ2) is 5.36. The van der Waals surface area contributed by atoms with E-state index in [1.165, 1.54) is 37.3 Å². The molecule has 4 saturated carbocycles. The van der Waals surface area contributed by atoms with Crippen LogP contribution in [0.1, 0.15) is 52.4 Å². The average Bonchev–Trinajstić information content (AvgIpc) is 2.32. The molecule has 4 aliphatic rings. The van der Waals surface area contributed by atoms with E-state index in [4.69, 9.17) is 0 Å². The Labute approximate surface area is 117 Å². The Morgan fingerprint density at radius 2 is 1.67 bits per heavy atom. The third-order valence-corrected chi connectivity index (χ3v) is 6.81. The first-order valence-corrected chi connectivity index (χ1v) is 9.18. The van der Waals surface area contributed by atoms with Crippen LogP contribution < -0.4 is 5.32 Å². The zero-order valence-electron chi connectivity index (χ0n) is 12.1. The molecule has 1 N–H and O–H groups in total. The van der Waals surface area contributed by atoms with E-state index in [2.05, 4.69) is 30.9 Å². The summed E-state index contributed by atoms with van der Waals surface area (Å²) in [7, 11) is 0. The lowest BCUT2D eigenvalue weighted by Gasteiger charge is -2.59. The third kappa shape index (κ3) is 2.47. The summed E-state index contributed by atoms with van der Waals surface area (Å²) in [4.78, 5) is 0. The topological polar surface area (TPSA) is 12.0 Å². The average molecular weight is 267 g/mol.